The maximum atomic E-state index is 13.6. The first kappa shape index (κ1) is 25.7. The highest BCUT2D eigenvalue weighted by molar-refractivity contribution is 8.22. The van der Waals surface area contributed by atoms with Crippen LogP contribution in [0.3, 0.4) is 0 Å². The standard InChI is InChI=1S/C11H18BF2N2O10P3S/c1-6-4-16(10(18)15-9(6)17)8-3-2-7(25-8)5-24-29(12,30)26-28(22,23)11(13,14)27(19,20)21/h4,7-8H,2-3,5,12H2,1H3,(H,22,23)(H,15,17,18)(H2,19,20,21)/t7-,8+,29?/m0/s1. The molecule has 1 aromatic rings. The number of aryl methyl sites for hydroxylation is 1. The number of aromatic amines is 1. The molecule has 170 valence electrons. The quantitative estimate of drug-likeness (QED) is 0.279. The molecule has 0 amide bonds. The Bertz CT molecular complexity index is 1070. The first-order valence-electron chi connectivity index (χ1n) is 8.14. The summed E-state index contributed by atoms with van der Waals surface area (Å²) >= 11 is 4.79. The van der Waals surface area contributed by atoms with E-state index in [4.69, 9.17) is 30.9 Å². The average molecular weight is 512 g/mol. The van der Waals surface area contributed by atoms with Crippen LogP contribution in [-0.2, 0) is 34.5 Å². The fourth-order valence-electron chi connectivity index (χ4n) is 2.47. The van der Waals surface area contributed by atoms with Gasteiger partial charge in [0, 0.05) is 11.8 Å². The second-order valence-electron chi connectivity index (χ2n) is 6.49. The Labute approximate surface area is 173 Å². The van der Waals surface area contributed by atoms with E-state index in [0.29, 0.717) is 12.8 Å². The van der Waals surface area contributed by atoms with Crippen LogP contribution < -0.4 is 11.2 Å². The van der Waals surface area contributed by atoms with Gasteiger partial charge in [-0.25, -0.2) is 4.79 Å². The molecule has 12 nitrogen and oxygen atoms in total. The van der Waals surface area contributed by atoms with Crippen LogP contribution in [0.1, 0.15) is 24.6 Å². The van der Waals surface area contributed by atoms with Crippen LogP contribution in [0.25, 0.3) is 0 Å². The van der Waals surface area contributed by atoms with Gasteiger partial charge in [0.1, 0.15) is 12.6 Å². The van der Waals surface area contributed by atoms with E-state index >= 15 is 0 Å². The van der Waals surface area contributed by atoms with E-state index in [1.54, 1.807) is 0 Å². The van der Waals surface area contributed by atoms with Crippen LogP contribution >= 0.6 is 21.6 Å². The van der Waals surface area contributed by atoms with Crippen molar-refractivity contribution < 1.29 is 46.2 Å². The zero-order valence-electron chi connectivity index (χ0n) is 15.5. The predicted octanol–water partition coefficient (Wildman–Crippen LogP) is 0.327. The summed E-state index contributed by atoms with van der Waals surface area (Å²) in [6.45, 7) is 1.14. The summed E-state index contributed by atoms with van der Waals surface area (Å²) < 4.78 is 65.7. The molecule has 0 aromatic carbocycles. The Morgan fingerprint density at radius 2 is 1.97 bits per heavy atom. The fourth-order valence-corrected chi connectivity index (χ4v) is 7.74. The van der Waals surface area contributed by atoms with Gasteiger partial charge in [-0.1, -0.05) is 0 Å². The molecule has 0 spiro atoms. The van der Waals surface area contributed by atoms with Crippen molar-refractivity contribution in [1.82, 2.24) is 9.55 Å². The minimum atomic E-state index is -6.31. The molecule has 0 aliphatic carbocycles. The maximum Gasteiger partial charge on any atom is 0.444 e. The normalized spacial score (nSPS) is 24.3. The molecule has 1 aliphatic heterocycles. The molecule has 19 heteroatoms. The summed E-state index contributed by atoms with van der Waals surface area (Å²) in [5.74, 6) is 0. The molecule has 0 radical (unpaired) electrons. The third-order valence-corrected chi connectivity index (χ3v) is 10.5. The number of ether oxygens (including phenoxy) is 1. The lowest BCUT2D eigenvalue weighted by atomic mass is 10.2. The lowest BCUT2D eigenvalue weighted by molar-refractivity contribution is -0.0194. The van der Waals surface area contributed by atoms with Crippen molar-refractivity contribution >= 4 is 40.9 Å². The highest BCUT2D eigenvalue weighted by atomic mass is 32.5. The Morgan fingerprint density at radius 3 is 2.53 bits per heavy atom. The van der Waals surface area contributed by atoms with Gasteiger partial charge in [0.15, 0.2) is 0 Å². The number of halogens is 2. The van der Waals surface area contributed by atoms with E-state index in [2.05, 4.69) is 9.29 Å². The van der Waals surface area contributed by atoms with Crippen LogP contribution in [0, 0.1) is 6.92 Å². The third kappa shape index (κ3) is 5.63. The van der Waals surface area contributed by atoms with Crippen LogP contribution in [-0.4, -0.2) is 49.9 Å². The molecule has 4 atom stereocenters. The number of hydrogen-bond donors (Lipinski definition) is 4. The number of alkyl halides is 2. The minimum absolute atomic E-state index is 0.278. The SMILES string of the molecule is BP(=S)(OC[C@@H]1CC[C@H](n2cc(C)c(=O)[nH]c2=O)O1)OP(=O)(O)C(F)(F)P(=O)(O)O. The van der Waals surface area contributed by atoms with E-state index in [0.717, 1.165) is 12.1 Å². The summed E-state index contributed by atoms with van der Waals surface area (Å²) in [7, 11) is -11.5. The smallest absolute Gasteiger partial charge is 0.352 e. The van der Waals surface area contributed by atoms with E-state index < -0.39 is 50.5 Å². The fraction of sp³-hybridized carbons (Fsp3) is 0.636. The van der Waals surface area contributed by atoms with Gasteiger partial charge in [0.25, 0.3) is 5.56 Å². The summed E-state index contributed by atoms with van der Waals surface area (Å²) in [5.41, 5.74) is -0.958. The summed E-state index contributed by atoms with van der Waals surface area (Å²) in [6, 6.07) is 0. The molecular formula is C11H18BF2N2O10P3S. The zero-order chi connectivity index (χ0) is 23.1. The highest BCUT2D eigenvalue weighted by Gasteiger charge is 2.66. The van der Waals surface area contributed by atoms with Gasteiger partial charge < -0.3 is 23.9 Å². The van der Waals surface area contributed by atoms with Gasteiger partial charge in [-0.3, -0.25) is 27.8 Å². The molecular weight excluding hydrogens is 494 g/mol. The Balaban J connectivity index is 2.02. The number of hydrogen-bond acceptors (Lipinski definition) is 8. The number of rotatable bonds is 8. The molecule has 30 heavy (non-hydrogen) atoms. The molecule has 1 aromatic heterocycles. The van der Waals surface area contributed by atoms with Crippen molar-refractivity contribution in [2.24, 2.45) is 0 Å². The third-order valence-electron chi connectivity index (χ3n) is 3.99. The molecule has 2 rings (SSSR count). The Hall–Kier alpha value is -0.525. The maximum absolute atomic E-state index is 13.6. The molecule has 0 saturated carbocycles. The van der Waals surface area contributed by atoms with Crippen LogP contribution in [0.5, 0.6) is 0 Å². The lowest BCUT2D eigenvalue weighted by Gasteiger charge is -2.27. The molecule has 1 fully saturated rings. The molecule has 4 N–H and O–H groups in total. The number of H-pyrrole nitrogens is 1. The van der Waals surface area contributed by atoms with E-state index in [9.17, 15) is 32.4 Å². The van der Waals surface area contributed by atoms with Crippen molar-refractivity contribution in [3.63, 3.8) is 0 Å². The first-order valence-corrected chi connectivity index (χ1v) is 14.4. The molecule has 0 bridgehead atoms. The molecule has 2 heterocycles. The van der Waals surface area contributed by atoms with E-state index in [1.165, 1.54) is 13.1 Å². The average Bonchev–Trinajstić information content (AvgIpc) is 3.03. The predicted molar refractivity (Wildman–Crippen MR) is 106 cm³/mol. The van der Waals surface area contributed by atoms with Crippen LogP contribution in [0.2, 0.25) is 0 Å². The monoisotopic (exact) mass is 512 g/mol. The number of nitrogens with zero attached hydrogens (tertiary/aromatic N) is 1. The van der Waals surface area contributed by atoms with Crippen molar-refractivity contribution in [3.05, 3.63) is 32.6 Å². The van der Waals surface area contributed by atoms with E-state index in [1.807, 2.05) is 0 Å². The van der Waals surface area contributed by atoms with Crippen molar-refractivity contribution in [1.29, 1.82) is 0 Å². The second-order valence-corrected chi connectivity index (χ2v) is 14.5. The zero-order valence-corrected chi connectivity index (χ0v) is 19.0. The number of nitrogens with one attached hydrogen (secondary N) is 1. The van der Waals surface area contributed by atoms with Gasteiger partial charge >= 0.3 is 26.3 Å². The largest absolute Gasteiger partial charge is 0.444 e. The minimum Gasteiger partial charge on any atom is -0.352 e. The molecule has 1 aliphatic rings. The number of aromatic nitrogens is 2. The summed E-state index contributed by atoms with van der Waals surface area (Å²) in [6.07, 6.45) is -3.31. The molecule has 1 saturated heterocycles. The summed E-state index contributed by atoms with van der Waals surface area (Å²) in [5, 5.41) is -5.36. The van der Waals surface area contributed by atoms with Crippen LogP contribution in [0.15, 0.2) is 15.8 Å². The second kappa shape index (κ2) is 8.78. The van der Waals surface area contributed by atoms with Gasteiger partial charge in [0.2, 0.25) is 7.57 Å². The van der Waals surface area contributed by atoms with Gasteiger partial charge in [-0.05, 0) is 31.6 Å². The highest BCUT2D eigenvalue weighted by Crippen LogP contribution is 2.77. The Morgan fingerprint density at radius 1 is 1.37 bits per heavy atom. The summed E-state index contributed by atoms with van der Waals surface area (Å²) in [4.78, 5) is 52.0. The molecule has 2 unspecified atom stereocenters. The van der Waals surface area contributed by atoms with Crippen molar-refractivity contribution in [2.45, 2.75) is 37.5 Å². The van der Waals surface area contributed by atoms with Gasteiger partial charge in [-0.2, -0.15) is 8.78 Å². The topological polar surface area (TPSA) is 177 Å². The van der Waals surface area contributed by atoms with Gasteiger partial charge in [0.05, 0.1) is 12.7 Å². The first-order chi connectivity index (χ1) is 13.5. The van der Waals surface area contributed by atoms with Crippen molar-refractivity contribution in [2.75, 3.05) is 6.61 Å². The van der Waals surface area contributed by atoms with Crippen LogP contribution in [0.4, 0.5) is 8.78 Å². The lowest BCUT2D eigenvalue weighted by Crippen LogP contribution is -2.33. The van der Waals surface area contributed by atoms with E-state index in [-0.39, 0.29) is 12.2 Å². The van der Waals surface area contributed by atoms with Gasteiger partial charge in [-0.15, -0.1) is 0 Å². The van der Waals surface area contributed by atoms with Crippen molar-refractivity contribution in [3.8, 4) is 0 Å². The Kier molecular flexibility index (Phi) is 7.53.